The van der Waals surface area contributed by atoms with Crippen molar-refractivity contribution in [2.75, 3.05) is 5.32 Å². The zero-order chi connectivity index (χ0) is 16.5. The number of pyridine rings is 1. The highest BCUT2D eigenvalue weighted by molar-refractivity contribution is 5.95. The summed E-state index contributed by atoms with van der Waals surface area (Å²) in [6.45, 7) is 3.92. The molecule has 5 heteroatoms. The van der Waals surface area contributed by atoms with E-state index in [1.165, 1.54) is 12.8 Å². The Morgan fingerprint density at radius 2 is 2.08 bits per heavy atom. The molecule has 0 spiro atoms. The fourth-order valence-corrected chi connectivity index (χ4v) is 5.79. The van der Waals surface area contributed by atoms with Crippen LogP contribution < -0.4 is 11.1 Å². The van der Waals surface area contributed by atoms with Crippen LogP contribution in [0.1, 0.15) is 37.7 Å². The smallest absolute Gasteiger partial charge is 0.139 e. The lowest BCUT2D eigenvalue weighted by Gasteiger charge is -2.58. The van der Waals surface area contributed by atoms with Crippen molar-refractivity contribution in [1.82, 2.24) is 9.97 Å². The SMILES string of the molecule is C=C(N)c1cnc2[nH]ccc2c1NC1C2CC3CC1CC(O)(C3)C2. The normalized spacial score (nSPS) is 37.0. The van der Waals surface area contributed by atoms with Gasteiger partial charge in [0.2, 0.25) is 0 Å². The van der Waals surface area contributed by atoms with Gasteiger partial charge in [-0.3, -0.25) is 0 Å². The molecular formula is C19H24N4O. The summed E-state index contributed by atoms with van der Waals surface area (Å²) in [7, 11) is 0. The minimum absolute atomic E-state index is 0.403. The zero-order valence-electron chi connectivity index (χ0n) is 13.8. The van der Waals surface area contributed by atoms with Gasteiger partial charge in [-0.25, -0.2) is 4.98 Å². The second-order valence-electron chi connectivity index (χ2n) is 8.18. The van der Waals surface area contributed by atoms with Crippen molar-refractivity contribution in [2.24, 2.45) is 23.5 Å². The van der Waals surface area contributed by atoms with Gasteiger partial charge in [-0.2, -0.15) is 0 Å². The highest BCUT2D eigenvalue weighted by Gasteiger charge is 2.54. The lowest BCUT2D eigenvalue weighted by atomic mass is 9.52. The minimum atomic E-state index is -0.406. The van der Waals surface area contributed by atoms with E-state index >= 15 is 0 Å². The lowest BCUT2D eigenvalue weighted by Crippen LogP contribution is -2.59. The summed E-state index contributed by atoms with van der Waals surface area (Å²) in [6, 6.07) is 2.45. The molecule has 0 aromatic carbocycles. The predicted octanol–water partition coefficient (Wildman–Crippen LogP) is 2.84. The van der Waals surface area contributed by atoms with Gasteiger partial charge in [-0.05, 0) is 55.9 Å². The molecule has 0 radical (unpaired) electrons. The van der Waals surface area contributed by atoms with Gasteiger partial charge >= 0.3 is 0 Å². The Balaban J connectivity index is 1.54. The van der Waals surface area contributed by atoms with Crippen LogP contribution in [0.5, 0.6) is 0 Å². The maximum Gasteiger partial charge on any atom is 0.139 e. The molecule has 0 aliphatic heterocycles. The quantitative estimate of drug-likeness (QED) is 0.699. The second-order valence-corrected chi connectivity index (χ2v) is 8.18. The van der Waals surface area contributed by atoms with Gasteiger partial charge in [-0.15, -0.1) is 0 Å². The Bertz CT molecular complexity index is 810. The van der Waals surface area contributed by atoms with Crippen LogP contribution in [0.2, 0.25) is 0 Å². The van der Waals surface area contributed by atoms with Crippen LogP contribution in [0.3, 0.4) is 0 Å². The highest BCUT2D eigenvalue weighted by atomic mass is 16.3. The number of rotatable bonds is 3. The molecule has 2 unspecified atom stereocenters. The fourth-order valence-electron chi connectivity index (χ4n) is 5.79. The topological polar surface area (TPSA) is 87.0 Å². The van der Waals surface area contributed by atoms with Gasteiger partial charge in [0.15, 0.2) is 0 Å². The van der Waals surface area contributed by atoms with E-state index in [0.29, 0.717) is 29.5 Å². The number of nitrogens with zero attached hydrogens (tertiary/aromatic N) is 1. The summed E-state index contributed by atoms with van der Waals surface area (Å²) in [5.74, 6) is 1.80. The molecule has 4 aliphatic rings. The van der Waals surface area contributed by atoms with Crippen LogP contribution >= 0.6 is 0 Å². The molecule has 126 valence electrons. The first-order valence-electron chi connectivity index (χ1n) is 8.92. The van der Waals surface area contributed by atoms with Crippen molar-refractivity contribution in [3.63, 3.8) is 0 Å². The Kier molecular flexibility index (Phi) is 2.84. The van der Waals surface area contributed by atoms with Crippen LogP contribution in [0, 0.1) is 17.8 Å². The fraction of sp³-hybridized carbons (Fsp3) is 0.526. The molecule has 2 heterocycles. The monoisotopic (exact) mass is 324 g/mol. The molecule has 4 bridgehead atoms. The minimum Gasteiger partial charge on any atom is -0.399 e. The largest absolute Gasteiger partial charge is 0.399 e. The number of hydrogen-bond donors (Lipinski definition) is 4. The molecule has 6 rings (SSSR count). The van der Waals surface area contributed by atoms with E-state index < -0.39 is 5.60 Å². The number of hydrogen-bond acceptors (Lipinski definition) is 4. The molecule has 4 aliphatic carbocycles. The van der Waals surface area contributed by atoms with E-state index in [9.17, 15) is 5.11 Å². The molecule has 2 aromatic heterocycles. The number of anilines is 1. The summed E-state index contributed by atoms with van der Waals surface area (Å²) in [5, 5.41) is 15.7. The van der Waals surface area contributed by atoms with Gasteiger partial charge in [-0.1, -0.05) is 6.58 Å². The van der Waals surface area contributed by atoms with E-state index in [0.717, 1.165) is 41.5 Å². The molecular weight excluding hydrogens is 300 g/mol. The first-order chi connectivity index (χ1) is 11.5. The summed E-state index contributed by atoms with van der Waals surface area (Å²) >= 11 is 0. The maximum atomic E-state index is 10.8. The third-order valence-corrected chi connectivity index (χ3v) is 6.48. The Morgan fingerprint density at radius 1 is 1.33 bits per heavy atom. The van der Waals surface area contributed by atoms with Crippen molar-refractivity contribution < 1.29 is 5.11 Å². The average Bonchev–Trinajstić information content (AvgIpc) is 2.97. The number of fused-ring (bicyclic) bond motifs is 1. The van der Waals surface area contributed by atoms with Crippen molar-refractivity contribution in [3.8, 4) is 0 Å². The number of nitrogens with two attached hydrogens (primary N) is 1. The third kappa shape index (κ3) is 2.00. The van der Waals surface area contributed by atoms with Crippen LogP contribution in [-0.4, -0.2) is 26.7 Å². The Morgan fingerprint density at radius 3 is 2.75 bits per heavy atom. The van der Waals surface area contributed by atoms with Gasteiger partial charge in [0.05, 0.1) is 11.3 Å². The molecule has 0 amide bonds. The molecule has 5 nitrogen and oxygen atoms in total. The summed E-state index contributed by atoms with van der Waals surface area (Å²) in [6.07, 6.45) is 9.04. The molecule has 2 aromatic rings. The first-order valence-corrected chi connectivity index (χ1v) is 8.92. The second kappa shape index (κ2) is 4.76. The average molecular weight is 324 g/mol. The van der Waals surface area contributed by atoms with E-state index in [4.69, 9.17) is 5.73 Å². The molecule has 4 saturated carbocycles. The van der Waals surface area contributed by atoms with E-state index in [1.807, 2.05) is 12.3 Å². The van der Waals surface area contributed by atoms with E-state index in [2.05, 4.69) is 21.9 Å². The molecule has 2 atom stereocenters. The van der Waals surface area contributed by atoms with Crippen LogP contribution in [0.4, 0.5) is 5.69 Å². The van der Waals surface area contributed by atoms with Gasteiger partial charge < -0.3 is 21.1 Å². The molecule has 4 fully saturated rings. The number of aromatic amines is 1. The van der Waals surface area contributed by atoms with E-state index in [-0.39, 0.29) is 0 Å². The number of aliphatic hydroxyl groups is 1. The van der Waals surface area contributed by atoms with Crippen molar-refractivity contribution >= 4 is 22.4 Å². The number of H-pyrrole nitrogens is 1. The van der Waals surface area contributed by atoms with Crippen LogP contribution in [0.25, 0.3) is 16.7 Å². The summed E-state index contributed by atoms with van der Waals surface area (Å²) in [5.41, 5.74) is 8.94. The van der Waals surface area contributed by atoms with Crippen molar-refractivity contribution in [1.29, 1.82) is 0 Å². The zero-order valence-corrected chi connectivity index (χ0v) is 13.8. The van der Waals surface area contributed by atoms with Gasteiger partial charge in [0.25, 0.3) is 0 Å². The first kappa shape index (κ1) is 14.3. The molecule has 0 saturated heterocycles. The summed E-state index contributed by atoms with van der Waals surface area (Å²) < 4.78 is 0. The lowest BCUT2D eigenvalue weighted by molar-refractivity contribution is -0.129. The number of aromatic nitrogens is 2. The summed E-state index contributed by atoms with van der Waals surface area (Å²) in [4.78, 5) is 7.61. The third-order valence-electron chi connectivity index (χ3n) is 6.48. The van der Waals surface area contributed by atoms with Crippen molar-refractivity contribution in [2.45, 2.75) is 43.7 Å². The maximum absolute atomic E-state index is 10.8. The Hall–Kier alpha value is -2.01. The highest BCUT2D eigenvalue weighted by Crippen LogP contribution is 2.56. The Labute approximate surface area is 141 Å². The molecule has 24 heavy (non-hydrogen) atoms. The van der Waals surface area contributed by atoms with Gasteiger partial charge in [0, 0.05) is 35.1 Å². The van der Waals surface area contributed by atoms with Crippen LogP contribution in [-0.2, 0) is 0 Å². The number of nitrogens with one attached hydrogen (secondary N) is 2. The van der Waals surface area contributed by atoms with Crippen molar-refractivity contribution in [3.05, 3.63) is 30.6 Å². The van der Waals surface area contributed by atoms with Gasteiger partial charge in [0.1, 0.15) is 5.65 Å². The standard InChI is InChI=1S/C19H24N4O/c1-10(20)15-9-22-18-14(2-3-21-18)17(15)23-16-12-4-11-5-13(16)8-19(24,6-11)7-12/h2-3,9,11-13,16,24H,1,4-8,20H2,(H2,21,22,23). The molecule has 5 N–H and O–H groups in total. The van der Waals surface area contributed by atoms with Crippen LogP contribution in [0.15, 0.2) is 25.0 Å². The van der Waals surface area contributed by atoms with E-state index in [1.54, 1.807) is 6.20 Å². The predicted molar refractivity (Wildman–Crippen MR) is 95.2 cm³/mol.